The second-order valence-electron chi connectivity index (χ2n) is 7.17. The van der Waals surface area contributed by atoms with Gasteiger partial charge in [0, 0.05) is 49.0 Å². The fourth-order valence-corrected chi connectivity index (χ4v) is 6.35. The molecule has 25 heavy (non-hydrogen) atoms. The Morgan fingerprint density at radius 1 is 0.960 bits per heavy atom. The minimum atomic E-state index is -3.54. The number of benzene rings is 2. The van der Waals surface area contributed by atoms with Crippen molar-refractivity contribution in [3.05, 3.63) is 36.4 Å². The molecule has 6 heteroatoms. The topological polar surface area (TPSA) is 66.6 Å². The minimum absolute atomic E-state index is 0.269. The molecule has 3 fully saturated rings. The van der Waals surface area contributed by atoms with Crippen molar-refractivity contribution < 1.29 is 8.42 Å². The van der Waals surface area contributed by atoms with E-state index in [1.807, 2.05) is 24.3 Å². The van der Waals surface area contributed by atoms with Crippen LogP contribution >= 0.6 is 0 Å². The molecule has 0 aliphatic carbocycles. The van der Waals surface area contributed by atoms with Crippen molar-refractivity contribution in [2.75, 3.05) is 36.8 Å². The van der Waals surface area contributed by atoms with E-state index in [2.05, 4.69) is 15.9 Å². The average Bonchev–Trinajstić information content (AvgIpc) is 2.81. The largest absolute Gasteiger partial charge is 0.398 e. The summed E-state index contributed by atoms with van der Waals surface area (Å²) < 4.78 is 26.1. The quantitative estimate of drug-likeness (QED) is 0.679. The highest BCUT2D eigenvalue weighted by Gasteiger charge is 2.36. The summed E-state index contributed by atoms with van der Waals surface area (Å²) in [7, 11) is -3.54. The molecule has 6 rings (SSSR count). The van der Waals surface area contributed by atoms with Crippen molar-refractivity contribution in [1.82, 2.24) is 4.90 Å². The second-order valence-corrected chi connectivity index (χ2v) is 9.03. The van der Waals surface area contributed by atoms with Crippen LogP contribution in [0.4, 0.5) is 11.4 Å². The van der Waals surface area contributed by atoms with Gasteiger partial charge in [-0.05, 0) is 31.0 Å². The Balaban J connectivity index is 1.63. The summed E-state index contributed by atoms with van der Waals surface area (Å²) in [5, 5.41) is 0. The van der Waals surface area contributed by atoms with E-state index in [0.717, 1.165) is 55.8 Å². The van der Waals surface area contributed by atoms with Crippen LogP contribution in [0.3, 0.4) is 0 Å². The van der Waals surface area contributed by atoms with E-state index >= 15 is 0 Å². The van der Waals surface area contributed by atoms with Gasteiger partial charge in [-0.25, -0.2) is 8.42 Å². The highest BCUT2D eigenvalue weighted by molar-refractivity contribution is 7.92. The first-order chi connectivity index (χ1) is 12.1. The molecule has 2 aromatic carbocycles. The van der Waals surface area contributed by atoms with Gasteiger partial charge in [0.1, 0.15) is 4.90 Å². The zero-order valence-corrected chi connectivity index (χ0v) is 14.8. The zero-order chi connectivity index (χ0) is 17.2. The summed E-state index contributed by atoms with van der Waals surface area (Å²) in [5.74, 6) is 0. The molecule has 4 aliphatic heterocycles. The molecule has 2 bridgehead atoms. The van der Waals surface area contributed by atoms with Gasteiger partial charge in [-0.15, -0.1) is 0 Å². The monoisotopic (exact) mass is 355 g/mol. The summed E-state index contributed by atoms with van der Waals surface area (Å²) in [6.45, 7) is 4.30. The number of nitrogen functional groups attached to an aromatic ring is 1. The van der Waals surface area contributed by atoms with Gasteiger partial charge in [0.15, 0.2) is 0 Å². The van der Waals surface area contributed by atoms with Crippen LogP contribution in [0.1, 0.15) is 12.8 Å². The fraction of sp³-hybridized carbons (Fsp3) is 0.368. The van der Waals surface area contributed by atoms with Gasteiger partial charge >= 0.3 is 0 Å². The lowest BCUT2D eigenvalue weighted by molar-refractivity contribution is 0.250. The van der Waals surface area contributed by atoms with Crippen LogP contribution in [-0.4, -0.2) is 45.5 Å². The predicted octanol–water partition coefficient (Wildman–Crippen LogP) is 2.37. The number of rotatable bonds is 1. The van der Waals surface area contributed by atoms with E-state index in [1.54, 1.807) is 6.07 Å². The molecule has 0 radical (unpaired) electrons. The molecule has 3 saturated heterocycles. The zero-order valence-electron chi connectivity index (χ0n) is 14.0. The molecule has 2 aromatic rings. The van der Waals surface area contributed by atoms with Gasteiger partial charge in [-0.1, -0.05) is 18.2 Å². The number of anilines is 2. The Hall–Kier alpha value is -2.05. The highest BCUT2D eigenvalue weighted by Crippen LogP contribution is 2.47. The Kier molecular flexibility index (Phi) is 3.18. The number of piperidine rings is 1. The van der Waals surface area contributed by atoms with E-state index < -0.39 is 9.84 Å². The number of sulfone groups is 1. The molecule has 4 heterocycles. The summed E-state index contributed by atoms with van der Waals surface area (Å²) in [6.07, 6.45) is 2.30. The van der Waals surface area contributed by atoms with Gasteiger partial charge in [-0.2, -0.15) is 0 Å². The molecular weight excluding hydrogens is 334 g/mol. The maximum absolute atomic E-state index is 13.1. The maximum atomic E-state index is 13.1. The van der Waals surface area contributed by atoms with E-state index in [4.69, 9.17) is 5.73 Å². The Morgan fingerprint density at radius 3 is 2.56 bits per heavy atom. The predicted molar refractivity (Wildman–Crippen MR) is 98.6 cm³/mol. The molecule has 0 saturated carbocycles. The normalized spacial score (nSPS) is 26.2. The highest BCUT2D eigenvalue weighted by atomic mass is 32.2. The minimum Gasteiger partial charge on any atom is -0.398 e. The average molecular weight is 355 g/mol. The third-order valence-electron chi connectivity index (χ3n) is 5.85. The van der Waals surface area contributed by atoms with Crippen molar-refractivity contribution in [3.8, 4) is 11.1 Å². The first kappa shape index (κ1) is 15.2. The fourth-order valence-electron chi connectivity index (χ4n) is 4.54. The lowest BCUT2D eigenvalue weighted by Crippen LogP contribution is -2.37. The summed E-state index contributed by atoms with van der Waals surface area (Å²) >= 11 is 0. The van der Waals surface area contributed by atoms with Crippen LogP contribution in [0.2, 0.25) is 0 Å². The van der Waals surface area contributed by atoms with Crippen LogP contribution in [-0.2, 0) is 9.84 Å². The molecule has 5 nitrogen and oxygen atoms in total. The smallest absolute Gasteiger partial charge is 0.209 e. The second kappa shape index (κ2) is 5.22. The van der Waals surface area contributed by atoms with Crippen molar-refractivity contribution >= 4 is 21.2 Å². The summed E-state index contributed by atoms with van der Waals surface area (Å²) in [6, 6.07) is 11.7. The molecule has 0 amide bonds. The van der Waals surface area contributed by atoms with E-state index in [1.165, 1.54) is 0 Å². The summed E-state index contributed by atoms with van der Waals surface area (Å²) in [5.41, 5.74) is 8.83. The van der Waals surface area contributed by atoms with Crippen LogP contribution in [0.5, 0.6) is 0 Å². The molecule has 2 N–H and O–H groups in total. The van der Waals surface area contributed by atoms with Gasteiger partial charge in [0.05, 0.1) is 10.6 Å². The summed E-state index contributed by atoms with van der Waals surface area (Å²) in [4.78, 5) is 5.56. The number of hydrogen-bond donors (Lipinski definition) is 1. The third-order valence-corrected chi connectivity index (χ3v) is 7.76. The number of nitrogens with zero attached hydrogens (tertiary/aromatic N) is 2. The molecule has 0 unspecified atom stereocenters. The van der Waals surface area contributed by atoms with Crippen molar-refractivity contribution in [2.45, 2.75) is 28.7 Å². The number of fused-ring (bicyclic) bond motifs is 7. The lowest BCUT2D eigenvalue weighted by atomic mass is 10.0. The van der Waals surface area contributed by atoms with Crippen LogP contribution < -0.4 is 10.6 Å². The molecule has 0 atom stereocenters. The Labute approximate surface area is 148 Å². The van der Waals surface area contributed by atoms with E-state index in [0.29, 0.717) is 16.6 Å². The van der Waals surface area contributed by atoms with Gasteiger partial charge < -0.3 is 15.5 Å². The molecular formula is C19H21N3O2S. The standard InChI is InChI=1S/C19H21N3O2S/c20-17-3-1-2-16-15-5-4-14(12-18(15)25(23,24)19(16)17)22-11-10-21-8-6-13(22)7-9-21/h1-5,12-13H,6-11,20H2. The van der Waals surface area contributed by atoms with E-state index in [9.17, 15) is 8.42 Å². The van der Waals surface area contributed by atoms with Gasteiger partial charge in [-0.3, -0.25) is 0 Å². The molecule has 0 aromatic heterocycles. The van der Waals surface area contributed by atoms with Crippen LogP contribution in [0, 0.1) is 0 Å². The maximum Gasteiger partial charge on any atom is 0.209 e. The van der Waals surface area contributed by atoms with Gasteiger partial charge in [0.25, 0.3) is 0 Å². The van der Waals surface area contributed by atoms with Crippen molar-refractivity contribution in [3.63, 3.8) is 0 Å². The Morgan fingerprint density at radius 2 is 1.76 bits per heavy atom. The SMILES string of the molecule is Nc1cccc2c1S(=O)(=O)c1cc(N3CCN4CCC3CC4)ccc1-2. The third kappa shape index (κ3) is 2.14. The molecule has 130 valence electrons. The number of nitrogens with two attached hydrogens (primary N) is 1. The lowest BCUT2D eigenvalue weighted by Gasteiger charge is -2.33. The number of hydrogen-bond acceptors (Lipinski definition) is 5. The molecule has 4 aliphatic rings. The van der Waals surface area contributed by atoms with E-state index in [-0.39, 0.29) is 4.90 Å². The first-order valence-corrected chi connectivity index (χ1v) is 10.3. The van der Waals surface area contributed by atoms with Crippen LogP contribution in [0.15, 0.2) is 46.2 Å². The molecule has 0 spiro atoms. The first-order valence-electron chi connectivity index (χ1n) is 8.83. The van der Waals surface area contributed by atoms with Crippen LogP contribution in [0.25, 0.3) is 11.1 Å². The van der Waals surface area contributed by atoms with Crippen molar-refractivity contribution in [1.29, 1.82) is 0 Å². The Bertz CT molecular complexity index is 963. The van der Waals surface area contributed by atoms with Gasteiger partial charge in [0.2, 0.25) is 9.84 Å². The van der Waals surface area contributed by atoms with Crippen molar-refractivity contribution in [2.24, 2.45) is 0 Å².